The Labute approximate surface area is 228 Å². The van der Waals surface area contributed by atoms with Crippen molar-refractivity contribution in [2.75, 3.05) is 4.90 Å². The van der Waals surface area contributed by atoms with E-state index in [2.05, 4.69) is 154 Å². The van der Waals surface area contributed by atoms with Crippen molar-refractivity contribution in [3.05, 3.63) is 138 Å². The fourth-order valence-corrected chi connectivity index (χ4v) is 6.99. The molecule has 1 nitrogen and oxygen atoms in total. The lowest BCUT2D eigenvalue weighted by Gasteiger charge is -2.27. The van der Waals surface area contributed by atoms with E-state index in [1.165, 1.54) is 42.1 Å². The molecule has 3 heteroatoms. The van der Waals surface area contributed by atoms with E-state index in [0.717, 1.165) is 21.5 Å². The van der Waals surface area contributed by atoms with Gasteiger partial charge in [-0.1, -0.05) is 91.0 Å². The average Bonchev–Trinajstić information content (AvgIpc) is 3.33. The first-order valence-corrected chi connectivity index (χ1v) is 13.9. The molecule has 0 amide bonds. The Balaban J connectivity index is 1.52. The van der Waals surface area contributed by atoms with Gasteiger partial charge in [0.05, 0.1) is 0 Å². The lowest BCUT2D eigenvalue weighted by atomic mass is 9.96. The molecule has 1 heterocycles. The fourth-order valence-electron chi connectivity index (χ4n) is 5.20. The van der Waals surface area contributed by atoms with Gasteiger partial charge in [0.1, 0.15) is 0 Å². The lowest BCUT2D eigenvalue weighted by molar-refractivity contribution is 1.29. The molecule has 0 aliphatic rings. The van der Waals surface area contributed by atoms with E-state index in [1.807, 2.05) is 11.3 Å². The van der Waals surface area contributed by atoms with Crippen LogP contribution in [0.25, 0.3) is 42.1 Å². The number of rotatable bonds is 4. The van der Waals surface area contributed by atoms with Gasteiger partial charge in [-0.25, -0.2) is 0 Å². The van der Waals surface area contributed by atoms with E-state index in [9.17, 15) is 0 Å². The van der Waals surface area contributed by atoms with Crippen molar-refractivity contribution in [3.8, 4) is 11.1 Å². The summed E-state index contributed by atoms with van der Waals surface area (Å²) in [5.41, 5.74) is 5.84. The van der Waals surface area contributed by atoms with Crippen LogP contribution >= 0.6 is 27.3 Å². The molecule has 0 fully saturated rings. The number of hydrogen-bond acceptors (Lipinski definition) is 2. The Morgan fingerprint density at radius 2 is 1.16 bits per heavy atom. The third-order valence-electron chi connectivity index (χ3n) is 6.88. The zero-order chi connectivity index (χ0) is 24.8. The molecule has 6 aromatic carbocycles. The Morgan fingerprint density at radius 1 is 0.514 bits per heavy atom. The molecule has 0 bridgehead atoms. The van der Waals surface area contributed by atoms with Crippen molar-refractivity contribution in [3.63, 3.8) is 0 Å². The molecule has 0 aliphatic heterocycles. The number of halogens is 1. The van der Waals surface area contributed by atoms with Crippen LogP contribution in [-0.2, 0) is 0 Å². The molecule has 0 radical (unpaired) electrons. The molecule has 37 heavy (non-hydrogen) atoms. The average molecular weight is 557 g/mol. The topological polar surface area (TPSA) is 3.24 Å². The maximum Gasteiger partial charge on any atom is 0.0499 e. The Bertz CT molecular complexity index is 1890. The minimum Gasteiger partial charge on any atom is -0.310 e. The first-order valence-electron chi connectivity index (χ1n) is 12.3. The van der Waals surface area contributed by atoms with Crippen LogP contribution < -0.4 is 4.90 Å². The molecule has 7 rings (SSSR count). The van der Waals surface area contributed by atoms with Crippen molar-refractivity contribution < 1.29 is 0 Å². The first-order chi connectivity index (χ1) is 18.3. The fraction of sp³-hybridized carbons (Fsp3) is 0. The maximum absolute atomic E-state index is 3.91. The third-order valence-corrected chi connectivity index (χ3v) is 8.99. The minimum atomic E-state index is 1.12. The smallest absolute Gasteiger partial charge is 0.0499 e. The van der Waals surface area contributed by atoms with E-state index >= 15 is 0 Å². The molecule has 7 aromatic rings. The van der Waals surface area contributed by atoms with Crippen LogP contribution in [0.3, 0.4) is 0 Å². The van der Waals surface area contributed by atoms with Gasteiger partial charge >= 0.3 is 0 Å². The zero-order valence-electron chi connectivity index (χ0n) is 19.9. The van der Waals surface area contributed by atoms with E-state index in [0.29, 0.717) is 0 Å². The standard InChI is InChI=1S/C34H22BrNS/c35-32-22-27(21-31-29-17-9-10-18-33(29)37-34(31)32)36(25-14-5-2-6-15-25)26-19-24-13-7-8-16-28(24)30(20-26)23-11-3-1-4-12-23/h1-22H. The molecule has 0 saturated carbocycles. The Kier molecular flexibility index (Phi) is 5.53. The first kappa shape index (κ1) is 22.3. The highest BCUT2D eigenvalue weighted by Crippen LogP contribution is 2.45. The van der Waals surface area contributed by atoms with Crippen LogP contribution in [0.4, 0.5) is 17.1 Å². The summed E-state index contributed by atoms with van der Waals surface area (Å²) in [6.07, 6.45) is 0. The predicted molar refractivity (Wildman–Crippen MR) is 165 cm³/mol. The molecule has 0 saturated heterocycles. The highest BCUT2D eigenvalue weighted by atomic mass is 79.9. The van der Waals surface area contributed by atoms with Gasteiger partial charge in [-0.05, 0) is 80.3 Å². The summed E-state index contributed by atoms with van der Waals surface area (Å²) < 4.78 is 3.70. The van der Waals surface area contributed by atoms with Crippen molar-refractivity contribution >= 4 is 75.3 Å². The van der Waals surface area contributed by atoms with Crippen molar-refractivity contribution in [2.45, 2.75) is 0 Å². The monoisotopic (exact) mass is 555 g/mol. The molecular formula is C34H22BrNS. The third kappa shape index (κ3) is 3.92. The second-order valence-electron chi connectivity index (χ2n) is 9.15. The number of nitrogens with zero attached hydrogens (tertiary/aromatic N) is 1. The molecule has 176 valence electrons. The van der Waals surface area contributed by atoms with E-state index in [-0.39, 0.29) is 0 Å². The van der Waals surface area contributed by atoms with Gasteiger partial charge in [-0.3, -0.25) is 0 Å². The van der Waals surface area contributed by atoms with Gasteiger partial charge in [0.25, 0.3) is 0 Å². The predicted octanol–water partition coefficient (Wildman–Crippen LogP) is 11.1. The number of fused-ring (bicyclic) bond motifs is 4. The summed E-state index contributed by atoms with van der Waals surface area (Å²) in [5, 5.41) is 5.04. The molecular weight excluding hydrogens is 534 g/mol. The molecule has 0 aliphatic carbocycles. The quantitative estimate of drug-likeness (QED) is 0.208. The van der Waals surface area contributed by atoms with Gasteiger partial charge in [0, 0.05) is 41.7 Å². The van der Waals surface area contributed by atoms with Crippen molar-refractivity contribution in [2.24, 2.45) is 0 Å². The molecule has 1 aromatic heterocycles. The number of anilines is 3. The number of hydrogen-bond donors (Lipinski definition) is 0. The van der Waals surface area contributed by atoms with E-state index in [4.69, 9.17) is 0 Å². The number of thiophene rings is 1. The zero-order valence-corrected chi connectivity index (χ0v) is 22.3. The summed E-state index contributed by atoms with van der Waals surface area (Å²) in [6, 6.07) is 47.9. The molecule has 0 atom stereocenters. The normalized spacial score (nSPS) is 11.4. The summed E-state index contributed by atoms with van der Waals surface area (Å²) >= 11 is 5.75. The number of para-hydroxylation sites is 1. The van der Waals surface area contributed by atoms with Gasteiger partial charge in [0.15, 0.2) is 0 Å². The van der Waals surface area contributed by atoms with Crippen LogP contribution in [0.2, 0.25) is 0 Å². The minimum absolute atomic E-state index is 1.12. The van der Waals surface area contributed by atoms with Crippen LogP contribution in [0.15, 0.2) is 138 Å². The lowest BCUT2D eigenvalue weighted by Crippen LogP contribution is -2.10. The summed E-state index contributed by atoms with van der Waals surface area (Å²) in [5.74, 6) is 0. The molecule has 0 N–H and O–H groups in total. The molecule has 0 unspecified atom stereocenters. The van der Waals surface area contributed by atoms with Crippen molar-refractivity contribution in [1.82, 2.24) is 0 Å². The molecule has 0 spiro atoms. The van der Waals surface area contributed by atoms with Crippen LogP contribution in [-0.4, -0.2) is 0 Å². The summed E-state index contributed by atoms with van der Waals surface area (Å²) in [7, 11) is 0. The van der Waals surface area contributed by atoms with Crippen molar-refractivity contribution in [1.29, 1.82) is 0 Å². The second-order valence-corrected chi connectivity index (χ2v) is 11.1. The maximum atomic E-state index is 3.91. The van der Waals surface area contributed by atoms with E-state index in [1.54, 1.807) is 0 Å². The van der Waals surface area contributed by atoms with Gasteiger partial charge in [-0.2, -0.15) is 0 Å². The summed E-state index contributed by atoms with van der Waals surface area (Å²) in [4.78, 5) is 2.37. The Morgan fingerprint density at radius 3 is 1.97 bits per heavy atom. The van der Waals surface area contributed by atoms with Gasteiger partial charge < -0.3 is 4.90 Å². The second kappa shape index (κ2) is 9.19. The SMILES string of the molecule is Brc1cc(N(c2ccccc2)c2cc(-c3ccccc3)c3ccccc3c2)cc2c1sc1ccccc12. The Hall–Kier alpha value is -3.92. The summed E-state index contributed by atoms with van der Waals surface area (Å²) in [6.45, 7) is 0. The highest BCUT2D eigenvalue weighted by molar-refractivity contribution is 9.10. The van der Waals surface area contributed by atoms with Gasteiger partial charge in [0.2, 0.25) is 0 Å². The van der Waals surface area contributed by atoms with Crippen LogP contribution in [0.1, 0.15) is 0 Å². The number of benzene rings is 6. The van der Waals surface area contributed by atoms with E-state index < -0.39 is 0 Å². The van der Waals surface area contributed by atoms with Crippen LogP contribution in [0.5, 0.6) is 0 Å². The van der Waals surface area contributed by atoms with Crippen LogP contribution in [0, 0.1) is 0 Å². The largest absolute Gasteiger partial charge is 0.310 e. The highest BCUT2D eigenvalue weighted by Gasteiger charge is 2.18. The van der Waals surface area contributed by atoms with Gasteiger partial charge in [-0.15, -0.1) is 11.3 Å².